The largest absolute Gasteiger partial charge is 0.445 e. The Labute approximate surface area is 126 Å². The number of carbonyl (C=O) groups is 2. The summed E-state index contributed by atoms with van der Waals surface area (Å²) in [5, 5.41) is 5.19. The van der Waals surface area contributed by atoms with E-state index in [1.165, 1.54) is 12.8 Å². The quantitative estimate of drug-likeness (QED) is 0.687. The van der Waals surface area contributed by atoms with Gasteiger partial charge in [-0.25, -0.2) is 4.79 Å². The zero-order chi connectivity index (χ0) is 15.3. The van der Waals surface area contributed by atoms with E-state index in [0.29, 0.717) is 6.54 Å². The summed E-state index contributed by atoms with van der Waals surface area (Å²) in [7, 11) is 0. The van der Waals surface area contributed by atoms with Gasteiger partial charge in [-0.3, -0.25) is 4.79 Å². The molecule has 0 bridgehead atoms. The molecule has 0 spiro atoms. The molecule has 0 aliphatic carbocycles. The average molecular weight is 292 g/mol. The maximum absolute atomic E-state index is 11.5. The van der Waals surface area contributed by atoms with Gasteiger partial charge in [0.1, 0.15) is 6.61 Å². The highest BCUT2D eigenvalue weighted by atomic mass is 16.5. The van der Waals surface area contributed by atoms with Gasteiger partial charge in [0, 0.05) is 6.54 Å². The van der Waals surface area contributed by atoms with Crippen LogP contribution in [0.1, 0.15) is 38.2 Å². The first-order chi connectivity index (χ1) is 10.2. The predicted octanol–water partition coefficient (Wildman–Crippen LogP) is 2.61. The molecule has 5 heteroatoms. The van der Waals surface area contributed by atoms with Gasteiger partial charge in [-0.1, -0.05) is 56.5 Å². The van der Waals surface area contributed by atoms with E-state index in [1.54, 1.807) is 0 Å². The van der Waals surface area contributed by atoms with Crippen LogP contribution in [0.25, 0.3) is 0 Å². The van der Waals surface area contributed by atoms with Gasteiger partial charge in [0.05, 0.1) is 6.54 Å². The Bertz CT molecular complexity index is 421. The van der Waals surface area contributed by atoms with E-state index in [-0.39, 0.29) is 19.1 Å². The van der Waals surface area contributed by atoms with Crippen molar-refractivity contribution < 1.29 is 14.3 Å². The van der Waals surface area contributed by atoms with Gasteiger partial charge in [-0.2, -0.15) is 0 Å². The minimum Gasteiger partial charge on any atom is -0.445 e. The smallest absolute Gasteiger partial charge is 0.407 e. The molecule has 0 fully saturated rings. The third-order valence-electron chi connectivity index (χ3n) is 2.96. The summed E-state index contributed by atoms with van der Waals surface area (Å²) in [4.78, 5) is 22.9. The Morgan fingerprint density at radius 1 is 1.05 bits per heavy atom. The second-order valence-electron chi connectivity index (χ2n) is 4.83. The molecule has 0 atom stereocenters. The molecule has 2 amide bonds. The van der Waals surface area contributed by atoms with Crippen LogP contribution in [0.2, 0.25) is 0 Å². The Kier molecular flexibility index (Phi) is 8.68. The molecule has 0 aliphatic rings. The van der Waals surface area contributed by atoms with E-state index in [2.05, 4.69) is 17.6 Å². The van der Waals surface area contributed by atoms with E-state index in [1.807, 2.05) is 30.3 Å². The number of benzene rings is 1. The van der Waals surface area contributed by atoms with Crippen LogP contribution in [0.15, 0.2) is 30.3 Å². The molecule has 0 heterocycles. The second kappa shape index (κ2) is 10.7. The predicted molar refractivity (Wildman–Crippen MR) is 81.8 cm³/mol. The van der Waals surface area contributed by atoms with E-state index in [9.17, 15) is 9.59 Å². The van der Waals surface area contributed by atoms with Crippen LogP contribution in [0.3, 0.4) is 0 Å². The first-order valence-electron chi connectivity index (χ1n) is 7.43. The van der Waals surface area contributed by atoms with Crippen molar-refractivity contribution in [3.8, 4) is 0 Å². The van der Waals surface area contributed by atoms with Crippen LogP contribution < -0.4 is 10.6 Å². The van der Waals surface area contributed by atoms with Crippen LogP contribution >= 0.6 is 0 Å². The summed E-state index contributed by atoms with van der Waals surface area (Å²) < 4.78 is 5.01. The van der Waals surface area contributed by atoms with E-state index >= 15 is 0 Å². The molecule has 2 N–H and O–H groups in total. The molecule has 5 nitrogen and oxygen atoms in total. The highest BCUT2D eigenvalue weighted by molar-refractivity contribution is 5.82. The van der Waals surface area contributed by atoms with Gasteiger partial charge in [0.2, 0.25) is 5.91 Å². The topological polar surface area (TPSA) is 67.4 Å². The zero-order valence-electron chi connectivity index (χ0n) is 12.6. The third kappa shape index (κ3) is 8.68. The number of unbranched alkanes of at least 4 members (excludes halogenated alkanes) is 3. The molecule has 0 saturated heterocycles. The molecule has 0 unspecified atom stereocenters. The van der Waals surface area contributed by atoms with Crippen molar-refractivity contribution in [2.24, 2.45) is 0 Å². The summed E-state index contributed by atoms with van der Waals surface area (Å²) in [6.45, 7) is 2.94. The zero-order valence-corrected chi connectivity index (χ0v) is 12.6. The monoisotopic (exact) mass is 292 g/mol. The van der Waals surface area contributed by atoms with Crippen molar-refractivity contribution in [1.29, 1.82) is 0 Å². The number of hydrogen-bond acceptors (Lipinski definition) is 3. The molecule has 0 radical (unpaired) electrons. The number of amides is 2. The maximum atomic E-state index is 11.5. The van der Waals surface area contributed by atoms with Gasteiger partial charge in [0.25, 0.3) is 0 Å². The fourth-order valence-corrected chi connectivity index (χ4v) is 1.77. The Morgan fingerprint density at radius 3 is 2.52 bits per heavy atom. The third-order valence-corrected chi connectivity index (χ3v) is 2.96. The SMILES string of the molecule is CCCCCCNC(=O)CNC(=O)OCc1ccccc1. The first kappa shape index (κ1) is 17.0. The Hall–Kier alpha value is -2.04. The highest BCUT2D eigenvalue weighted by Crippen LogP contribution is 2.00. The van der Waals surface area contributed by atoms with Crippen LogP contribution in [0.4, 0.5) is 4.79 Å². The lowest BCUT2D eigenvalue weighted by Gasteiger charge is -2.08. The number of hydrogen-bond donors (Lipinski definition) is 2. The molecule has 1 rings (SSSR count). The molecule has 0 saturated carbocycles. The average Bonchev–Trinajstić information content (AvgIpc) is 2.51. The molecule has 1 aromatic rings. The molecule has 21 heavy (non-hydrogen) atoms. The van der Waals surface area contributed by atoms with Crippen molar-refractivity contribution in [2.75, 3.05) is 13.1 Å². The summed E-state index contributed by atoms with van der Waals surface area (Å²) >= 11 is 0. The molecule has 0 aliphatic heterocycles. The first-order valence-corrected chi connectivity index (χ1v) is 7.43. The number of nitrogens with one attached hydrogen (secondary N) is 2. The van der Waals surface area contributed by atoms with Crippen molar-refractivity contribution in [3.63, 3.8) is 0 Å². The van der Waals surface area contributed by atoms with Gasteiger partial charge < -0.3 is 15.4 Å². The number of alkyl carbamates (subject to hydrolysis) is 1. The highest BCUT2D eigenvalue weighted by Gasteiger charge is 2.05. The van der Waals surface area contributed by atoms with Crippen molar-refractivity contribution >= 4 is 12.0 Å². The summed E-state index contributed by atoms with van der Waals surface area (Å²) in [6.07, 6.45) is 3.85. The molecular weight excluding hydrogens is 268 g/mol. The van der Waals surface area contributed by atoms with Crippen LogP contribution in [0.5, 0.6) is 0 Å². The summed E-state index contributed by atoms with van der Waals surface area (Å²) in [5.74, 6) is -0.192. The molecule has 116 valence electrons. The lowest BCUT2D eigenvalue weighted by Crippen LogP contribution is -2.37. The van der Waals surface area contributed by atoms with Gasteiger partial charge >= 0.3 is 6.09 Å². The minimum absolute atomic E-state index is 0.0542. The Balaban J connectivity index is 2.05. The van der Waals surface area contributed by atoms with Crippen LogP contribution in [-0.2, 0) is 16.1 Å². The van der Waals surface area contributed by atoms with Gasteiger partial charge in [0.15, 0.2) is 0 Å². The van der Waals surface area contributed by atoms with E-state index < -0.39 is 6.09 Å². The normalized spacial score (nSPS) is 9.95. The van der Waals surface area contributed by atoms with Crippen molar-refractivity contribution in [2.45, 2.75) is 39.2 Å². The molecule has 1 aromatic carbocycles. The number of carbonyl (C=O) groups excluding carboxylic acids is 2. The van der Waals surface area contributed by atoms with Crippen LogP contribution in [0, 0.1) is 0 Å². The minimum atomic E-state index is -0.583. The molecule has 0 aromatic heterocycles. The van der Waals surface area contributed by atoms with Crippen molar-refractivity contribution in [1.82, 2.24) is 10.6 Å². The molecular formula is C16H24N2O3. The second-order valence-corrected chi connectivity index (χ2v) is 4.83. The van der Waals surface area contributed by atoms with E-state index in [0.717, 1.165) is 18.4 Å². The van der Waals surface area contributed by atoms with Gasteiger partial charge in [-0.15, -0.1) is 0 Å². The standard InChI is InChI=1S/C16H24N2O3/c1-2-3-4-8-11-17-15(19)12-18-16(20)21-13-14-9-6-5-7-10-14/h5-7,9-10H,2-4,8,11-13H2,1H3,(H,17,19)(H,18,20). The Morgan fingerprint density at radius 2 is 1.81 bits per heavy atom. The summed E-state index contributed by atoms with van der Waals surface area (Å²) in [6, 6.07) is 9.40. The van der Waals surface area contributed by atoms with E-state index in [4.69, 9.17) is 4.74 Å². The fraction of sp³-hybridized carbons (Fsp3) is 0.500. The number of rotatable bonds is 9. The van der Waals surface area contributed by atoms with Crippen LogP contribution in [-0.4, -0.2) is 25.1 Å². The maximum Gasteiger partial charge on any atom is 0.407 e. The summed E-state index contributed by atoms with van der Waals surface area (Å²) in [5.41, 5.74) is 0.910. The number of ether oxygens (including phenoxy) is 1. The fourth-order valence-electron chi connectivity index (χ4n) is 1.77. The lowest BCUT2D eigenvalue weighted by atomic mass is 10.2. The lowest BCUT2D eigenvalue weighted by molar-refractivity contribution is -0.120. The van der Waals surface area contributed by atoms with Crippen molar-refractivity contribution in [3.05, 3.63) is 35.9 Å². The van der Waals surface area contributed by atoms with Gasteiger partial charge in [-0.05, 0) is 12.0 Å².